The number of rotatable bonds is 2. The number of benzene rings is 1. The average molecular weight is 260 g/mol. The first-order valence-corrected chi connectivity index (χ1v) is 7.05. The normalized spacial score (nSPS) is 28.2. The first-order chi connectivity index (χ1) is 9.20. The van der Waals surface area contributed by atoms with Crippen LogP contribution in [0.2, 0.25) is 0 Å². The van der Waals surface area contributed by atoms with Gasteiger partial charge in [0.25, 0.3) is 0 Å². The van der Waals surface area contributed by atoms with E-state index >= 15 is 0 Å². The Bertz CT molecular complexity index is 489. The van der Waals surface area contributed by atoms with Crippen molar-refractivity contribution in [2.75, 3.05) is 11.9 Å². The molecular formula is C15H20N2O2. The van der Waals surface area contributed by atoms with E-state index in [-0.39, 0.29) is 6.04 Å². The number of carbonyl (C=O) groups is 1. The van der Waals surface area contributed by atoms with E-state index in [1.165, 1.54) is 11.3 Å². The van der Waals surface area contributed by atoms with Gasteiger partial charge in [0.05, 0.1) is 0 Å². The van der Waals surface area contributed by atoms with Crippen molar-refractivity contribution in [2.24, 2.45) is 0 Å². The van der Waals surface area contributed by atoms with Crippen LogP contribution in [-0.4, -0.2) is 34.7 Å². The van der Waals surface area contributed by atoms with Gasteiger partial charge in [-0.05, 0) is 37.8 Å². The standard InChI is InChI=1S/C15H20N2O2/c1-2-17(15(18)19)10-7-8-12-11-5-3-4-6-13(11)16-14(12)9-10/h3-6,10,12,14,16H,2,7-9H2,1H3,(H,18,19)/t10?,12-,14-/m0/s1. The van der Waals surface area contributed by atoms with Gasteiger partial charge in [-0.15, -0.1) is 0 Å². The second kappa shape index (κ2) is 4.76. The molecule has 3 atom stereocenters. The first kappa shape index (κ1) is 12.3. The highest BCUT2D eigenvalue weighted by atomic mass is 16.4. The average Bonchev–Trinajstić information content (AvgIpc) is 2.76. The molecule has 102 valence electrons. The van der Waals surface area contributed by atoms with Crippen molar-refractivity contribution in [3.8, 4) is 0 Å². The van der Waals surface area contributed by atoms with E-state index in [1.807, 2.05) is 6.92 Å². The zero-order valence-corrected chi connectivity index (χ0v) is 11.2. The number of nitrogens with one attached hydrogen (secondary N) is 1. The third kappa shape index (κ3) is 2.05. The monoisotopic (exact) mass is 260 g/mol. The molecule has 2 aliphatic rings. The van der Waals surface area contributed by atoms with Crippen LogP contribution in [0.25, 0.3) is 0 Å². The molecule has 19 heavy (non-hydrogen) atoms. The number of anilines is 1. The lowest BCUT2D eigenvalue weighted by Gasteiger charge is -2.37. The van der Waals surface area contributed by atoms with Crippen LogP contribution in [0.1, 0.15) is 37.7 Å². The fraction of sp³-hybridized carbons (Fsp3) is 0.533. The van der Waals surface area contributed by atoms with Gasteiger partial charge >= 0.3 is 6.09 Å². The quantitative estimate of drug-likeness (QED) is 0.859. The summed E-state index contributed by atoms with van der Waals surface area (Å²) in [5.74, 6) is 0.556. The summed E-state index contributed by atoms with van der Waals surface area (Å²) in [6.45, 7) is 2.49. The number of fused-ring (bicyclic) bond motifs is 3. The lowest BCUT2D eigenvalue weighted by molar-refractivity contribution is 0.110. The summed E-state index contributed by atoms with van der Waals surface area (Å²) < 4.78 is 0. The van der Waals surface area contributed by atoms with E-state index < -0.39 is 6.09 Å². The molecule has 1 saturated carbocycles. The molecule has 1 unspecified atom stereocenters. The Morgan fingerprint density at radius 3 is 2.95 bits per heavy atom. The number of amides is 1. The van der Waals surface area contributed by atoms with Crippen LogP contribution in [0, 0.1) is 0 Å². The summed E-state index contributed by atoms with van der Waals surface area (Å²) in [6.07, 6.45) is 2.17. The third-order valence-corrected chi connectivity index (χ3v) is 4.55. The van der Waals surface area contributed by atoms with Gasteiger partial charge in [-0.3, -0.25) is 0 Å². The summed E-state index contributed by atoms with van der Waals surface area (Å²) in [7, 11) is 0. The van der Waals surface area contributed by atoms with E-state index in [9.17, 15) is 9.90 Å². The van der Waals surface area contributed by atoms with Gasteiger partial charge in [-0.1, -0.05) is 18.2 Å². The SMILES string of the molecule is CCN(C(=O)O)C1CC[C@H]2c3ccccc3N[C@H]2C1. The second-order valence-corrected chi connectivity index (χ2v) is 5.48. The van der Waals surface area contributed by atoms with Gasteiger partial charge in [0.1, 0.15) is 0 Å². The first-order valence-electron chi connectivity index (χ1n) is 7.05. The fourth-order valence-electron chi connectivity index (χ4n) is 3.66. The summed E-state index contributed by atoms with van der Waals surface area (Å²) in [5, 5.41) is 12.8. The Morgan fingerprint density at radius 1 is 1.42 bits per heavy atom. The molecule has 1 heterocycles. The van der Waals surface area contributed by atoms with Gasteiger partial charge in [-0.25, -0.2) is 4.79 Å². The summed E-state index contributed by atoms with van der Waals surface area (Å²) in [6, 6.07) is 9.01. The van der Waals surface area contributed by atoms with Crippen molar-refractivity contribution < 1.29 is 9.90 Å². The highest BCUT2D eigenvalue weighted by Gasteiger charge is 2.39. The molecule has 1 amide bonds. The van der Waals surface area contributed by atoms with Crippen molar-refractivity contribution in [3.63, 3.8) is 0 Å². The van der Waals surface area contributed by atoms with Crippen LogP contribution in [0.3, 0.4) is 0 Å². The minimum Gasteiger partial charge on any atom is -0.465 e. The van der Waals surface area contributed by atoms with E-state index in [2.05, 4.69) is 29.6 Å². The van der Waals surface area contributed by atoms with E-state index in [1.54, 1.807) is 4.90 Å². The minimum atomic E-state index is -0.790. The molecule has 1 aliphatic heterocycles. The van der Waals surface area contributed by atoms with Crippen molar-refractivity contribution >= 4 is 11.8 Å². The Kier molecular flexibility index (Phi) is 3.09. The molecule has 3 rings (SSSR count). The molecule has 4 heteroatoms. The Balaban J connectivity index is 1.76. The largest absolute Gasteiger partial charge is 0.465 e. The molecule has 1 fully saturated rings. The molecule has 0 radical (unpaired) electrons. The molecule has 4 nitrogen and oxygen atoms in total. The van der Waals surface area contributed by atoms with E-state index in [4.69, 9.17) is 0 Å². The predicted molar refractivity (Wildman–Crippen MR) is 74.6 cm³/mol. The van der Waals surface area contributed by atoms with Gasteiger partial charge in [0.15, 0.2) is 0 Å². The second-order valence-electron chi connectivity index (χ2n) is 5.48. The van der Waals surface area contributed by atoms with Crippen LogP contribution >= 0.6 is 0 Å². The molecule has 1 aromatic carbocycles. The van der Waals surface area contributed by atoms with Crippen LogP contribution in [-0.2, 0) is 0 Å². The maximum absolute atomic E-state index is 11.2. The van der Waals surface area contributed by atoms with E-state index in [0.29, 0.717) is 18.5 Å². The molecule has 2 N–H and O–H groups in total. The highest BCUT2D eigenvalue weighted by molar-refractivity contribution is 5.65. The number of para-hydroxylation sites is 1. The van der Waals surface area contributed by atoms with Crippen LogP contribution in [0.5, 0.6) is 0 Å². The molecule has 1 aliphatic carbocycles. The maximum Gasteiger partial charge on any atom is 0.407 e. The number of hydrogen-bond donors (Lipinski definition) is 2. The number of hydrogen-bond acceptors (Lipinski definition) is 2. The topological polar surface area (TPSA) is 52.6 Å². The Morgan fingerprint density at radius 2 is 2.21 bits per heavy atom. The zero-order chi connectivity index (χ0) is 13.4. The molecule has 0 spiro atoms. The van der Waals surface area contributed by atoms with Crippen molar-refractivity contribution in [3.05, 3.63) is 29.8 Å². The van der Waals surface area contributed by atoms with Gasteiger partial charge in [0.2, 0.25) is 0 Å². The number of carboxylic acid groups (broad SMARTS) is 1. The highest BCUT2D eigenvalue weighted by Crippen LogP contribution is 2.44. The molecule has 0 aromatic heterocycles. The third-order valence-electron chi connectivity index (χ3n) is 4.55. The lowest BCUT2D eigenvalue weighted by atomic mass is 9.80. The fourth-order valence-corrected chi connectivity index (χ4v) is 3.66. The zero-order valence-electron chi connectivity index (χ0n) is 11.2. The molecule has 1 aromatic rings. The number of nitrogens with zero attached hydrogens (tertiary/aromatic N) is 1. The van der Waals surface area contributed by atoms with Gasteiger partial charge < -0.3 is 15.3 Å². The summed E-state index contributed by atoms with van der Waals surface area (Å²) >= 11 is 0. The van der Waals surface area contributed by atoms with Gasteiger partial charge in [-0.2, -0.15) is 0 Å². The summed E-state index contributed by atoms with van der Waals surface area (Å²) in [4.78, 5) is 12.8. The van der Waals surface area contributed by atoms with Gasteiger partial charge in [0, 0.05) is 30.2 Å². The van der Waals surface area contributed by atoms with Crippen molar-refractivity contribution in [1.29, 1.82) is 0 Å². The summed E-state index contributed by atoms with van der Waals surface area (Å²) in [5.41, 5.74) is 2.64. The van der Waals surface area contributed by atoms with Crippen LogP contribution in [0.15, 0.2) is 24.3 Å². The smallest absolute Gasteiger partial charge is 0.407 e. The Labute approximate surface area is 113 Å². The Hall–Kier alpha value is -1.71. The molecule has 0 bridgehead atoms. The molecule has 0 saturated heterocycles. The minimum absolute atomic E-state index is 0.158. The molecular weight excluding hydrogens is 240 g/mol. The maximum atomic E-state index is 11.2. The van der Waals surface area contributed by atoms with Crippen LogP contribution in [0.4, 0.5) is 10.5 Å². The van der Waals surface area contributed by atoms with Crippen molar-refractivity contribution in [1.82, 2.24) is 4.90 Å². The van der Waals surface area contributed by atoms with Crippen LogP contribution < -0.4 is 5.32 Å². The van der Waals surface area contributed by atoms with E-state index in [0.717, 1.165) is 19.3 Å². The van der Waals surface area contributed by atoms with Crippen molar-refractivity contribution in [2.45, 2.75) is 44.2 Å². The predicted octanol–water partition coefficient (Wildman–Crippen LogP) is 3.12. The lowest BCUT2D eigenvalue weighted by Crippen LogP contribution is -2.45.